The lowest BCUT2D eigenvalue weighted by Crippen LogP contribution is -2.25. The Kier molecular flexibility index (Phi) is 6.44. The predicted octanol–water partition coefficient (Wildman–Crippen LogP) is 6.08. The maximum Gasteiger partial charge on any atom is 0.193 e. The fourth-order valence-corrected chi connectivity index (χ4v) is 4.33. The van der Waals surface area contributed by atoms with E-state index < -0.39 is 5.82 Å². The van der Waals surface area contributed by atoms with E-state index in [0.717, 1.165) is 5.56 Å². The molecule has 0 spiro atoms. The van der Waals surface area contributed by atoms with Crippen molar-refractivity contribution in [2.24, 2.45) is 0 Å². The Labute approximate surface area is 201 Å². The fourth-order valence-electron chi connectivity index (χ4n) is 4.21. The number of halogens is 2. The van der Waals surface area contributed by atoms with Crippen molar-refractivity contribution < 1.29 is 8.81 Å². The molecule has 0 aliphatic heterocycles. The molecule has 0 radical (unpaired) electrons. The molecule has 0 atom stereocenters. The fraction of sp³-hybridized carbons (Fsp3) is 0.214. The third-order valence-corrected chi connectivity index (χ3v) is 6.29. The summed E-state index contributed by atoms with van der Waals surface area (Å²) in [4.78, 5) is 16.8. The normalized spacial score (nSPS) is 13.7. The summed E-state index contributed by atoms with van der Waals surface area (Å²) in [7, 11) is 0. The second kappa shape index (κ2) is 9.80. The van der Waals surface area contributed by atoms with Crippen molar-refractivity contribution in [2.45, 2.75) is 38.3 Å². The molecule has 34 heavy (non-hydrogen) atoms. The molecule has 4 aromatic rings. The largest absolute Gasteiger partial charge is 0.459 e. The van der Waals surface area contributed by atoms with E-state index in [0.29, 0.717) is 45.5 Å². The van der Waals surface area contributed by atoms with Gasteiger partial charge in [-0.2, -0.15) is 0 Å². The molecule has 170 valence electrons. The highest BCUT2D eigenvalue weighted by molar-refractivity contribution is 6.30. The molecule has 1 fully saturated rings. The maximum atomic E-state index is 14.6. The van der Waals surface area contributed by atoms with Crippen LogP contribution in [0.1, 0.15) is 42.7 Å². The highest BCUT2D eigenvalue weighted by Gasteiger charge is 2.15. The summed E-state index contributed by atoms with van der Waals surface area (Å²) >= 11 is 5.91. The minimum atomic E-state index is -0.514. The van der Waals surface area contributed by atoms with Gasteiger partial charge in [0.15, 0.2) is 11.2 Å². The summed E-state index contributed by atoms with van der Waals surface area (Å²) in [6, 6.07) is 15.7. The first-order valence-corrected chi connectivity index (χ1v) is 11.7. The number of nitrogens with zero attached hydrogens (tertiary/aromatic N) is 1. The minimum absolute atomic E-state index is 0.0400. The average Bonchev–Trinajstić information content (AvgIpc) is 3.36. The van der Waals surface area contributed by atoms with Crippen LogP contribution in [0.15, 0.2) is 70.0 Å². The first-order chi connectivity index (χ1) is 16.5. The monoisotopic (exact) mass is 472 g/mol. The Bertz CT molecular complexity index is 1460. The van der Waals surface area contributed by atoms with E-state index in [1.54, 1.807) is 48.7 Å². The van der Waals surface area contributed by atoms with Crippen molar-refractivity contribution in [3.05, 3.63) is 98.9 Å². The van der Waals surface area contributed by atoms with Gasteiger partial charge in [-0.15, -0.1) is 0 Å². The molecule has 2 aromatic carbocycles. The Morgan fingerprint density at radius 3 is 2.59 bits per heavy atom. The molecule has 2 aromatic heterocycles. The van der Waals surface area contributed by atoms with Gasteiger partial charge in [0, 0.05) is 34.5 Å². The molecule has 6 heteroatoms. The van der Waals surface area contributed by atoms with E-state index in [9.17, 15) is 9.18 Å². The molecule has 5 rings (SSSR count). The van der Waals surface area contributed by atoms with Gasteiger partial charge < -0.3 is 9.73 Å². The third-order valence-electron chi connectivity index (χ3n) is 6.04. The van der Waals surface area contributed by atoms with Gasteiger partial charge in [-0.25, -0.2) is 9.37 Å². The van der Waals surface area contributed by atoms with Crippen LogP contribution < -0.4 is 10.7 Å². The van der Waals surface area contributed by atoms with Crippen molar-refractivity contribution in [3.63, 3.8) is 0 Å². The van der Waals surface area contributed by atoms with Crippen molar-refractivity contribution >= 4 is 22.6 Å². The summed E-state index contributed by atoms with van der Waals surface area (Å²) in [6.07, 6.45) is 6.40. The Hall–Kier alpha value is -3.46. The van der Waals surface area contributed by atoms with Crippen LogP contribution >= 0.6 is 11.6 Å². The van der Waals surface area contributed by atoms with Crippen LogP contribution in [0.25, 0.3) is 22.1 Å². The van der Waals surface area contributed by atoms with Crippen LogP contribution in [-0.2, 0) is 6.54 Å². The number of nitrogens with one attached hydrogen (secondary N) is 1. The second-order valence-electron chi connectivity index (χ2n) is 8.46. The quantitative estimate of drug-likeness (QED) is 0.366. The van der Waals surface area contributed by atoms with Gasteiger partial charge in [0.1, 0.15) is 17.0 Å². The van der Waals surface area contributed by atoms with Gasteiger partial charge in [0.05, 0.1) is 11.9 Å². The molecule has 0 bridgehead atoms. The van der Waals surface area contributed by atoms with Crippen LogP contribution in [0.2, 0.25) is 5.02 Å². The lowest BCUT2D eigenvalue weighted by molar-refractivity contribution is 0.456. The second-order valence-corrected chi connectivity index (χ2v) is 8.90. The lowest BCUT2D eigenvalue weighted by Gasteiger charge is -2.11. The molecule has 0 unspecified atom stereocenters. The lowest BCUT2D eigenvalue weighted by atomic mass is 10.1. The van der Waals surface area contributed by atoms with Crippen LogP contribution in [0.5, 0.6) is 0 Å². The molecular formula is C28H22ClFN2O2. The first-order valence-electron chi connectivity index (χ1n) is 11.3. The zero-order valence-electron chi connectivity index (χ0n) is 18.4. The van der Waals surface area contributed by atoms with Crippen LogP contribution in [0.3, 0.4) is 0 Å². The van der Waals surface area contributed by atoms with Crippen molar-refractivity contribution in [1.82, 2.24) is 10.3 Å². The Morgan fingerprint density at radius 2 is 1.82 bits per heavy atom. The van der Waals surface area contributed by atoms with Crippen molar-refractivity contribution in [1.29, 1.82) is 0 Å². The number of fused-ring (bicyclic) bond motifs is 1. The van der Waals surface area contributed by atoms with Gasteiger partial charge in [-0.3, -0.25) is 4.79 Å². The Balaban J connectivity index is 1.35. The molecule has 2 heterocycles. The zero-order chi connectivity index (χ0) is 23.5. The topological polar surface area (TPSA) is 55.1 Å². The summed E-state index contributed by atoms with van der Waals surface area (Å²) in [5.74, 6) is 5.77. The summed E-state index contributed by atoms with van der Waals surface area (Å²) < 4.78 is 20.5. The maximum absolute atomic E-state index is 14.6. The SMILES string of the molecule is O=c1cc(CNC2CCCC2)oc2ccc(C#Cc3ncc(-c4ccc(Cl)cc4)cc3F)cc12. The third kappa shape index (κ3) is 5.04. The van der Waals surface area contributed by atoms with E-state index in [1.807, 2.05) is 0 Å². The number of hydrogen-bond acceptors (Lipinski definition) is 4. The number of rotatable bonds is 4. The molecule has 1 aliphatic rings. The number of hydrogen-bond donors (Lipinski definition) is 1. The molecule has 0 saturated heterocycles. The standard InChI is InChI=1S/C28H22ClFN2O2/c29-21-9-7-19(8-10-21)20-14-25(30)26(32-16-20)11-5-18-6-12-28-24(13-18)27(33)15-23(34-28)17-31-22-3-1-2-4-22/h6-10,12-16,22,31H,1-4,17H2. The predicted molar refractivity (Wildman–Crippen MR) is 132 cm³/mol. The molecule has 1 N–H and O–H groups in total. The molecule has 0 amide bonds. The minimum Gasteiger partial charge on any atom is -0.459 e. The summed E-state index contributed by atoms with van der Waals surface area (Å²) in [5.41, 5.74) is 2.47. The summed E-state index contributed by atoms with van der Waals surface area (Å²) in [6.45, 7) is 0.536. The number of aromatic nitrogens is 1. The number of pyridine rings is 1. The van der Waals surface area contributed by atoms with Gasteiger partial charge in [-0.05, 0) is 60.7 Å². The van der Waals surface area contributed by atoms with Gasteiger partial charge in [-0.1, -0.05) is 42.5 Å². The first kappa shape index (κ1) is 22.3. The van der Waals surface area contributed by atoms with Crippen LogP contribution in [-0.4, -0.2) is 11.0 Å². The van der Waals surface area contributed by atoms with Gasteiger partial charge >= 0.3 is 0 Å². The molecule has 4 nitrogen and oxygen atoms in total. The van der Waals surface area contributed by atoms with Crippen molar-refractivity contribution in [2.75, 3.05) is 0 Å². The van der Waals surface area contributed by atoms with Crippen LogP contribution in [0, 0.1) is 17.7 Å². The average molecular weight is 473 g/mol. The highest BCUT2D eigenvalue weighted by atomic mass is 35.5. The highest BCUT2D eigenvalue weighted by Crippen LogP contribution is 2.23. The smallest absolute Gasteiger partial charge is 0.193 e. The summed E-state index contributed by atoms with van der Waals surface area (Å²) in [5, 5.41) is 4.52. The Morgan fingerprint density at radius 1 is 1.03 bits per heavy atom. The van der Waals surface area contributed by atoms with E-state index in [2.05, 4.69) is 22.1 Å². The van der Waals surface area contributed by atoms with Crippen LogP contribution in [0.4, 0.5) is 4.39 Å². The molecule has 1 aliphatic carbocycles. The van der Waals surface area contributed by atoms with E-state index in [4.69, 9.17) is 16.0 Å². The van der Waals surface area contributed by atoms with Crippen molar-refractivity contribution in [3.8, 4) is 23.0 Å². The molecular weight excluding hydrogens is 451 g/mol. The number of benzene rings is 2. The molecule has 1 saturated carbocycles. The van der Waals surface area contributed by atoms with E-state index >= 15 is 0 Å². The van der Waals surface area contributed by atoms with E-state index in [-0.39, 0.29) is 11.1 Å². The van der Waals surface area contributed by atoms with E-state index in [1.165, 1.54) is 37.8 Å². The van der Waals surface area contributed by atoms with Gasteiger partial charge in [0.2, 0.25) is 0 Å². The van der Waals surface area contributed by atoms with Gasteiger partial charge in [0.25, 0.3) is 0 Å². The zero-order valence-corrected chi connectivity index (χ0v) is 19.2.